The van der Waals surface area contributed by atoms with Crippen molar-refractivity contribution >= 4 is 17.5 Å². The van der Waals surface area contributed by atoms with Crippen molar-refractivity contribution < 1.29 is 22.8 Å². The van der Waals surface area contributed by atoms with Gasteiger partial charge in [-0.15, -0.1) is 0 Å². The zero-order valence-corrected chi connectivity index (χ0v) is 13.6. The third-order valence-corrected chi connectivity index (χ3v) is 3.48. The first kappa shape index (κ1) is 18.5. The minimum Gasteiger partial charge on any atom is -0.341 e. The summed E-state index contributed by atoms with van der Waals surface area (Å²) in [4.78, 5) is 24.2. The maximum atomic E-state index is 12.7. The van der Waals surface area contributed by atoms with E-state index in [0.717, 1.165) is 17.7 Å². The van der Waals surface area contributed by atoms with Crippen molar-refractivity contribution in [3.8, 4) is 0 Å². The van der Waals surface area contributed by atoms with Crippen LogP contribution in [0.25, 0.3) is 0 Å². The van der Waals surface area contributed by atoms with E-state index in [2.05, 4.69) is 10.6 Å². The lowest BCUT2D eigenvalue weighted by atomic mass is 10.1. The van der Waals surface area contributed by atoms with Gasteiger partial charge in [0, 0.05) is 11.3 Å². The summed E-state index contributed by atoms with van der Waals surface area (Å²) in [5.74, 6) is -1.05. The maximum absolute atomic E-state index is 12.7. The number of amides is 2. The first-order chi connectivity index (χ1) is 11.7. The van der Waals surface area contributed by atoms with E-state index >= 15 is 0 Å². The summed E-state index contributed by atoms with van der Waals surface area (Å²) in [6, 6.07) is 10.2. The molecule has 0 aliphatic heterocycles. The molecule has 0 spiro atoms. The van der Waals surface area contributed by atoms with E-state index in [1.165, 1.54) is 19.1 Å². The number of hydrogen-bond donors (Lipinski definition) is 2. The Morgan fingerprint density at radius 2 is 1.72 bits per heavy atom. The number of aryl methyl sites for hydroxylation is 1. The van der Waals surface area contributed by atoms with Crippen molar-refractivity contribution in [1.29, 1.82) is 0 Å². The molecule has 2 aromatic rings. The van der Waals surface area contributed by atoms with Crippen LogP contribution in [-0.4, -0.2) is 17.9 Å². The summed E-state index contributed by atoms with van der Waals surface area (Å²) >= 11 is 0. The number of hydrogen-bond acceptors (Lipinski definition) is 2. The number of carbonyl (C=O) groups is 2. The molecule has 132 valence electrons. The lowest BCUT2D eigenvalue weighted by Gasteiger charge is -2.15. The minimum atomic E-state index is -4.49. The fraction of sp³-hybridized carbons (Fsp3) is 0.222. The van der Waals surface area contributed by atoms with Crippen LogP contribution in [0.15, 0.2) is 48.5 Å². The van der Waals surface area contributed by atoms with Gasteiger partial charge in [0.15, 0.2) is 0 Å². The highest BCUT2D eigenvalue weighted by Gasteiger charge is 2.30. The van der Waals surface area contributed by atoms with Gasteiger partial charge in [0.1, 0.15) is 6.04 Å². The number of nitrogens with one attached hydrogen (secondary N) is 2. The Morgan fingerprint density at radius 1 is 1.04 bits per heavy atom. The van der Waals surface area contributed by atoms with Crippen LogP contribution in [0.4, 0.5) is 18.9 Å². The molecule has 4 nitrogen and oxygen atoms in total. The van der Waals surface area contributed by atoms with Crippen molar-refractivity contribution in [1.82, 2.24) is 5.32 Å². The molecule has 0 heterocycles. The van der Waals surface area contributed by atoms with Gasteiger partial charge < -0.3 is 10.6 Å². The molecule has 7 heteroatoms. The predicted molar refractivity (Wildman–Crippen MR) is 88.2 cm³/mol. The molecule has 0 aromatic heterocycles. The van der Waals surface area contributed by atoms with Crippen molar-refractivity contribution in [3.05, 3.63) is 65.2 Å². The highest BCUT2D eigenvalue weighted by Crippen LogP contribution is 2.30. The van der Waals surface area contributed by atoms with Gasteiger partial charge in [-0.1, -0.05) is 23.8 Å². The topological polar surface area (TPSA) is 58.2 Å². The largest absolute Gasteiger partial charge is 0.416 e. The van der Waals surface area contributed by atoms with Crippen LogP contribution in [0.2, 0.25) is 0 Å². The van der Waals surface area contributed by atoms with Crippen LogP contribution in [0, 0.1) is 6.92 Å². The second kappa shape index (κ2) is 7.38. The molecule has 0 bridgehead atoms. The fourth-order valence-electron chi connectivity index (χ4n) is 2.16. The third-order valence-electron chi connectivity index (χ3n) is 3.48. The average Bonchev–Trinajstić information content (AvgIpc) is 2.54. The van der Waals surface area contributed by atoms with Crippen molar-refractivity contribution in [3.63, 3.8) is 0 Å². The molecule has 0 aliphatic carbocycles. The molecule has 1 unspecified atom stereocenters. The van der Waals surface area contributed by atoms with Crippen LogP contribution in [0.1, 0.15) is 28.4 Å². The van der Waals surface area contributed by atoms with Crippen LogP contribution in [-0.2, 0) is 11.0 Å². The Bertz CT molecular complexity index is 788. The van der Waals surface area contributed by atoms with Crippen molar-refractivity contribution in [2.75, 3.05) is 5.32 Å². The van der Waals surface area contributed by atoms with Gasteiger partial charge in [-0.2, -0.15) is 13.2 Å². The lowest BCUT2D eigenvalue weighted by Crippen LogP contribution is -2.41. The van der Waals surface area contributed by atoms with Gasteiger partial charge in [-0.25, -0.2) is 0 Å². The molecule has 0 saturated heterocycles. The number of anilines is 1. The SMILES string of the molecule is Cc1cccc(C(=O)NC(C)C(=O)Nc2cccc(C(F)(F)F)c2)c1. The highest BCUT2D eigenvalue weighted by atomic mass is 19.4. The van der Waals surface area contributed by atoms with E-state index in [9.17, 15) is 22.8 Å². The summed E-state index contributed by atoms with van der Waals surface area (Å²) in [7, 11) is 0. The maximum Gasteiger partial charge on any atom is 0.416 e. The molecular formula is C18H17F3N2O2. The summed E-state index contributed by atoms with van der Waals surface area (Å²) < 4.78 is 38.1. The molecule has 0 radical (unpaired) electrons. The molecule has 2 amide bonds. The molecular weight excluding hydrogens is 333 g/mol. The molecule has 1 atom stereocenters. The second-order valence-electron chi connectivity index (χ2n) is 5.63. The molecule has 0 aliphatic rings. The summed E-state index contributed by atoms with van der Waals surface area (Å²) in [5.41, 5.74) is 0.450. The Labute approximate surface area is 143 Å². The summed E-state index contributed by atoms with van der Waals surface area (Å²) in [5, 5.41) is 4.88. The lowest BCUT2D eigenvalue weighted by molar-refractivity contribution is -0.137. The zero-order valence-electron chi connectivity index (χ0n) is 13.6. The minimum absolute atomic E-state index is 0.0106. The number of halogens is 3. The van der Waals surface area contributed by atoms with Gasteiger partial charge in [0.25, 0.3) is 5.91 Å². The fourth-order valence-corrected chi connectivity index (χ4v) is 2.16. The first-order valence-corrected chi connectivity index (χ1v) is 7.52. The molecule has 2 aromatic carbocycles. The average molecular weight is 350 g/mol. The Hall–Kier alpha value is -2.83. The molecule has 2 rings (SSSR count). The van der Waals surface area contributed by atoms with Crippen LogP contribution in [0.3, 0.4) is 0 Å². The van der Waals surface area contributed by atoms with Crippen LogP contribution < -0.4 is 10.6 Å². The first-order valence-electron chi connectivity index (χ1n) is 7.52. The molecule has 25 heavy (non-hydrogen) atoms. The highest BCUT2D eigenvalue weighted by molar-refractivity contribution is 6.01. The Morgan fingerprint density at radius 3 is 2.36 bits per heavy atom. The van der Waals surface area contributed by atoms with Gasteiger partial charge in [0.05, 0.1) is 5.56 Å². The number of alkyl halides is 3. The number of carbonyl (C=O) groups excluding carboxylic acids is 2. The van der Waals surface area contributed by atoms with Gasteiger partial charge in [-0.05, 0) is 44.2 Å². The van der Waals surface area contributed by atoms with E-state index in [1.807, 2.05) is 13.0 Å². The Kier molecular flexibility index (Phi) is 5.46. The van der Waals surface area contributed by atoms with Gasteiger partial charge in [-0.3, -0.25) is 9.59 Å². The van der Waals surface area contributed by atoms with E-state index in [-0.39, 0.29) is 5.69 Å². The predicted octanol–water partition coefficient (Wildman–Crippen LogP) is 3.77. The molecule has 0 saturated carbocycles. The van der Waals surface area contributed by atoms with Crippen molar-refractivity contribution in [2.45, 2.75) is 26.1 Å². The Balaban J connectivity index is 2.02. The van der Waals surface area contributed by atoms with E-state index in [1.54, 1.807) is 18.2 Å². The normalized spacial score (nSPS) is 12.4. The van der Waals surface area contributed by atoms with E-state index < -0.39 is 29.6 Å². The molecule has 2 N–H and O–H groups in total. The monoisotopic (exact) mass is 350 g/mol. The van der Waals surface area contributed by atoms with Gasteiger partial charge >= 0.3 is 6.18 Å². The third kappa shape index (κ3) is 5.07. The standard InChI is InChI=1S/C18H17F3N2O2/c1-11-5-3-6-13(9-11)17(25)22-12(2)16(24)23-15-8-4-7-14(10-15)18(19,20)21/h3-10,12H,1-2H3,(H,22,25)(H,23,24). The van der Waals surface area contributed by atoms with Crippen LogP contribution >= 0.6 is 0 Å². The summed E-state index contributed by atoms with van der Waals surface area (Å²) in [6.45, 7) is 3.29. The van der Waals surface area contributed by atoms with E-state index in [0.29, 0.717) is 5.56 Å². The smallest absolute Gasteiger partial charge is 0.341 e. The summed E-state index contributed by atoms with van der Waals surface area (Å²) in [6.07, 6.45) is -4.49. The molecule has 0 fully saturated rings. The van der Waals surface area contributed by atoms with Crippen LogP contribution in [0.5, 0.6) is 0 Å². The quantitative estimate of drug-likeness (QED) is 0.882. The number of benzene rings is 2. The number of rotatable bonds is 4. The second-order valence-corrected chi connectivity index (χ2v) is 5.63. The van der Waals surface area contributed by atoms with E-state index in [4.69, 9.17) is 0 Å². The van der Waals surface area contributed by atoms with Crippen molar-refractivity contribution in [2.24, 2.45) is 0 Å². The zero-order chi connectivity index (χ0) is 18.6. The van der Waals surface area contributed by atoms with Gasteiger partial charge in [0.2, 0.25) is 5.91 Å².